The third kappa shape index (κ3) is 5.09. The molecule has 1 aromatic rings. The van der Waals surface area contributed by atoms with E-state index in [1.807, 2.05) is 0 Å². The highest BCUT2D eigenvalue weighted by molar-refractivity contribution is 5.94. The molecule has 1 saturated heterocycles. The number of hydrogen-bond donors (Lipinski definition) is 2. The molecule has 1 aliphatic rings. The van der Waals surface area contributed by atoms with Gasteiger partial charge in [0.05, 0.1) is 24.7 Å². The molecule has 2 rings (SSSR count). The van der Waals surface area contributed by atoms with Gasteiger partial charge in [0.2, 0.25) is 5.91 Å². The van der Waals surface area contributed by atoms with Gasteiger partial charge in [0.25, 0.3) is 5.91 Å². The van der Waals surface area contributed by atoms with Crippen molar-refractivity contribution in [2.75, 3.05) is 32.2 Å². The summed E-state index contributed by atoms with van der Waals surface area (Å²) in [7, 11) is 1.55. The number of pyridine rings is 1. The van der Waals surface area contributed by atoms with Gasteiger partial charge in [-0.3, -0.25) is 9.59 Å². The van der Waals surface area contributed by atoms with Crippen LogP contribution in [0.2, 0.25) is 0 Å². The minimum atomic E-state index is -0.213. The molecule has 0 atom stereocenters. The van der Waals surface area contributed by atoms with Crippen LogP contribution in [0.5, 0.6) is 0 Å². The zero-order valence-corrected chi connectivity index (χ0v) is 12.6. The maximum absolute atomic E-state index is 11.8. The summed E-state index contributed by atoms with van der Waals surface area (Å²) >= 11 is 0. The summed E-state index contributed by atoms with van der Waals surface area (Å²) in [6.45, 7) is 1.82. The Kier molecular flexibility index (Phi) is 6.29. The number of amides is 2. The number of aromatic nitrogens is 1. The third-order valence-electron chi connectivity index (χ3n) is 3.37. The predicted octanol–water partition coefficient (Wildman–Crippen LogP) is 0.965. The van der Waals surface area contributed by atoms with E-state index in [0.717, 1.165) is 26.1 Å². The standard InChI is InChI=1S/C15H21N3O4/c1-16-15(20)11-2-3-13(17-10-11)18-14(19)6-9-22-12-4-7-21-8-5-12/h2-3,10,12H,4-9H2,1H3,(H,16,20)(H,17,18,19). The van der Waals surface area contributed by atoms with Crippen LogP contribution < -0.4 is 10.6 Å². The van der Waals surface area contributed by atoms with Crippen molar-refractivity contribution in [1.82, 2.24) is 10.3 Å². The largest absolute Gasteiger partial charge is 0.381 e. The number of nitrogens with one attached hydrogen (secondary N) is 2. The molecule has 120 valence electrons. The first kappa shape index (κ1) is 16.4. The second-order valence-corrected chi connectivity index (χ2v) is 4.99. The highest BCUT2D eigenvalue weighted by Gasteiger charge is 2.14. The van der Waals surface area contributed by atoms with Crippen LogP contribution in [0.3, 0.4) is 0 Å². The second-order valence-electron chi connectivity index (χ2n) is 4.99. The fraction of sp³-hybridized carbons (Fsp3) is 0.533. The Bertz CT molecular complexity index is 498. The molecule has 0 saturated carbocycles. The Labute approximate surface area is 129 Å². The van der Waals surface area contributed by atoms with Crippen LogP contribution in [-0.2, 0) is 14.3 Å². The number of rotatable bonds is 6. The summed E-state index contributed by atoms with van der Waals surface area (Å²) in [5.74, 6) is 0.0474. The summed E-state index contributed by atoms with van der Waals surface area (Å²) in [6.07, 6.45) is 3.64. The van der Waals surface area contributed by atoms with E-state index in [9.17, 15) is 9.59 Å². The number of hydrogen-bond acceptors (Lipinski definition) is 5. The maximum atomic E-state index is 11.8. The Morgan fingerprint density at radius 2 is 2.14 bits per heavy atom. The van der Waals surface area contributed by atoms with Crippen molar-refractivity contribution in [2.24, 2.45) is 0 Å². The van der Waals surface area contributed by atoms with Crippen LogP contribution in [0, 0.1) is 0 Å². The van der Waals surface area contributed by atoms with E-state index in [1.165, 1.54) is 6.20 Å². The molecule has 2 amide bonds. The molecule has 1 aliphatic heterocycles. The van der Waals surface area contributed by atoms with E-state index in [4.69, 9.17) is 9.47 Å². The van der Waals surface area contributed by atoms with Gasteiger partial charge in [-0.2, -0.15) is 0 Å². The van der Waals surface area contributed by atoms with Gasteiger partial charge in [-0.25, -0.2) is 4.98 Å². The lowest BCUT2D eigenvalue weighted by Crippen LogP contribution is -2.25. The SMILES string of the molecule is CNC(=O)c1ccc(NC(=O)CCOC2CCOCC2)nc1. The van der Waals surface area contributed by atoms with Crippen LogP contribution in [0.15, 0.2) is 18.3 Å². The lowest BCUT2D eigenvalue weighted by atomic mass is 10.1. The van der Waals surface area contributed by atoms with Crippen molar-refractivity contribution in [3.63, 3.8) is 0 Å². The molecule has 0 unspecified atom stereocenters. The molecular weight excluding hydrogens is 286 g/mol. The van der Waals surface area contributed by atoms with Gasteiger partial charge in [0.15, 0.2) is 0 Å². The van der Waals surface area contributed by atoms with Gasteiger partial charge in [-0.15, -0.1) is 0 Å². The summed E-state index contributed by atoms with van der Waals surface area (Å²) in [5.41, 5.74) is 0.448. The summed E-state index contributed by atoms with van der Waals surface area (Å²) < 4.78 is 10.9. The molecule has 0 aromatic carbocycles. The minimum absolute atomic E-state index is 0.160. The van der Waals surface area contributed by atoms with Gasteiger partial charge < -0.3 is 20.1 Å². The van der Waals surface area contributed by atoms with Gasteiger partial charge in [-0.05, 0) is 25.0 Å². The summed E-state index contributed by atoms with van der Waals surface area (Å²) in [5, 5.41) is 5.19. The lowest BCUT2D eigenvalue weighted by Gasteiger charge is -2.22. The summed E-state index contributed by atoms with van der Waals surface area (Å²) in [6, 6.07) is 3.21. The molecule has 7 nitrogen and oxygen atoms in total. The zero-order chi connectivity index (χ0) is 15.8. The first-order valence-electron chi connectivity index (χ1n) is 7.36. The smallest absolute Gasteiger partial charge is 0.252 e. The average Bonchev–Trinajstić information content (AvgIpc) is 2.56. The van der Waals surface area contributed by atoms with Crippen LogP contribution in [0.25, 0.3) is 0 Å². The van der Waals surface area contributed by atoms with Crippen molar-refractivity contribution < 1.29 is 19.1 Å². The third-order valence-corrected chi connectivity index (χ3v) is 3.37. The molecule has 0 aliphatic carbocycles. The molecule has 2 N–H and O–H groups in total. The van der Waals surface area contributed by atoms with Gasteiger partial charge in [-0.1, -0.05) is 0 Å². The molecule has 1 aromatic heterocycles. The molecule has 0 bridgehead atoms. The van der Waals surface area contributed by atoms with Crippen molar-refractivity contribution >= 4 is 17.6 Å². The zero-order valence-electron chi connectivity index (χ0n) is 12.6. The Morgan fingerprint density at radius 1 is 1.36 bits per heavy atom. The number of carbonyl (C=O) groups is 2. The Hall–Kier alpha value is -1.99. The topological polar surface area (TPSA) is 89.6 Å². The normalized spacial score (nSPS) is 15.3. The van der Waals surface area contributed by atoms with Crippen LogP contribution in [0.4, 0.5) is 5.82 Å². The van der Waals surface area contributed by atoms with Crippen LogP contribution in [-0.4, -0.2) is 49.8 Å². The van der Waals surface area contributed by atoms with Crippen molar-refractivity contribution in [3.8, 4) is 0 Å². The lowest BCUT2D eigenvalue weighted by molar-refractivity contribution is -0.118. The molecule has 22 heavy (non-hydrogen) atoms. The highest BCUT2D eigenvalue weighted by Crippen LogP contribution is 2.11. The number of nitrogens with zero attached hydrogens (tertiary/aromatic N) is 1. The Balaban J connectivity index is 1.71. The summed E-state index contributed by atoms with van der Waals surface area (Å²) in [4.78, 5) is 27.2. The number of ether oxygens (including phenoxy) is 2. The quantitative estimate of drug-likeness (QED) is 0.817. The first-order valence-corrected chi connectivity index (χ1v) is 7.36. The fourth-order valence-corrected chi connectivity index (χ4v) is 2.11. The minimum Gasteiger partial charge on any atom is -0.381 e. The molecule has 0 spiro atoms. The average molecular weight is 307 g/mol. The van der Waals surface area contributed by atoms with Crippen molar-refractivity contribution in [3.05, 3.63) is 23.9 Å². The van der Waals surface area contributed by atoms with E-state index in [-0.39, 0.29) is 24.3 Å². The molecule has 1 fully saturated rings. The maximum Gasteiger partial charge on any atom is 0.252 e. The molecule has 7 heteroatoms. The molecule has 0 radical (unpaired) electrons. The molecular formula is C15H21N3O4. The van der Waals surface area contributed by atoms with E-state index in [2.05, 4.69) is 15.6 Å². The van der Waals surface area contributed by atoms with Crippen molar-refractivity contribution in [1.29, 1.82) is 0 Å². The van der Waals surface area contributed by atoms with Gasteiger partial charge >= 0.3 is 0 Å². The van der Waals surface area contributed by atoms with E-state index in [1.54, 1.807) is 19.2 Å². The van der Waals surface area contributed by atoms with E-state index < -0.39 is 0 Å². The predicted molar refractivity (Wildman–Crippen MR) is 80.7 cm³/mol. The van der Waals surface area contributed by atoms with Gasteiger partial charge in [0, 0.05) is 26.5 Å². The molecule has 2 heterocycles. The van der Waals surface area contributed by atoms with Crippen LogP contribution >= 0.6 is 0 Å². The first-order chi connectivity index (χ1) is 10.7. The number of anilines is 1. The van der Waals surface area contributed by atoms with Crippen molar-refractivity contribution in [2.45, 2.75) is 25.4 Å². The monoisotopic (exact) mass is 307 g/mol. The number of carbonyl (C=O) groups excluding carboxylic acids is 2. The fourth-order valence-electron chi connectivity index (χ4n) is 2.11. The second kappa shape index (κ2) is 8.45. The van der Waals surface area contributed by atoms with Gasteiger partial charge in [0.1, 0.15) is 5.82 Å². The van der Waals surface area contributed by atoms with E-state index in [0.29, 0.717) is 18.0 Å². The Morgan fingerprint density at radius 3 is 2.77 bits per heavy atom. The highest BCUT2D eigenvalue weighted by atomic mass is 16.5. The van der Waals surface area contributed by atoms with E-state index >= 15 is 0 Å². The van der Waals surface area contributed by atoms with Crippen LogP contribution in [0.1, 0.15) is 29.6 Å².